The Morgan fingerprint density at radius 2 is 2.44 bits per heavy atom. The molecule has 7 heteroatoms. The molecule has 1 atom stereocenters. The van der Waals surface area contributed by atoms with Crippen LogP contribution < -0.4 is 5.32 Å². The van der Waals surface area contributed by atoms with Gasteiger partial charge in [-0.1, -0.05) is 0 Å². The Morgan fingerprint density at radius 3 is 3.00 bits per heavy atom. The number of nitrogens with zero attached hydrogens (tertiary/aromatic N) is 2. The van der Waals surface area contributed by atoms with Gasteiger partial charge in [-0.25, -0.2) is 14.8 Å². The standard InChI is InChI=1S/C11H15N3O4/c1-17-10(15)8-4-13-9(5-12-8)14-6-11(16)2-3-18-7-11/h4-5,16H,2-3,6-7H2,1H3,(H,13,14). The Bertz CT molecular complexity index is 415. The second-order valence-electron chi connectivity index (χ2n) is 4.16. The first-order chi connectivity index (χ1) is 8.63. The number of hydrogen-bond acceptors (Lipinski definition) is 7. The van der Waals surface area contributed by atoms with Crippen LogP contribution in [0.15, 0.2) is 12.4 Å². The molecule has 0 aromatic carbocycles. The van der Waals surface area contributed by atoms with E-state index in [1.807, 2.05) is 0 Å². The summed E-state index contributed by atoms with van der Waals surface area (Å²) >= 11 is 0. The Kier molecular flexibility index (Phi) is 3.73. The SMILES string of the molecule is COC(=O)c1cnc(NCC2(O)CCOC2)cn1. The highest BCUT2D eigenvalue weighted by atomic mass is 16.5. The number of carbonyl (C=O) groups excluding carboxylic acids is 1. The summed E-state index contributed by atoms with van der Waals surface area (Å²) in [6.45, 7) is 1.21. The maximum absolute atomic E-state index is 11.1. The van der Waals surface area contributed by atoms with E-state index in [0.717, 1.165) is 0 Å². The van der Waals surface area contributed by atoms with E-state index < -0.39 is 11.6 Å². The summed E-state index contributed by atoms with van der Waals surface area (Å²) in [5.74, 6) is -0.0418. The number of carbonyl (C=O) groups is 1. The lowest BCUT2D eigenvalue weighted by Crippen LogP contribution is -2.37. The third kappa shape index (κ3) is 2.93. The maximum atomic E-state index is 11.1. The molecular weight excluding hydrogens is 238 g/mol. The first kappa shape index (κ1) is 12.7. The first-order valence-corrected chi connectivity index (χ1v) is 5.57. The van der Waals surface area contributed by atoms with Gasteiger partial charge in [0.05, 0.1) is 26.1 Å². The van der Waals surface area contributed by atoms with Crippen molar-refractivity contribution in [3.63, 3.8) is 0 Å². The van der Waals surface area contributed by atoms with Crippen LogP contribution in [0.2, 0.25) is 0 Å². The number of ether oxygens (including phenoxy) is 2. The van der Waals surface area contributed by atoms with Crippen molar-refractivity contribution in [1.82, 2.24) is 9.97 Å². The number of hydrogen-bond donors (Lipinski definition) is 2. The fraction of sp³-hybridized carbons (Fsp3) is 0.545. The van der Waals surface area contributed by atoms with Gasteiger partial charge in [0, 0.05) is 19.6 Å². The molecule has 98 valence electrons. The molecule has 0 aliphatic carbocycles. The second kappa shape index (κ2) is 5.28. The summed E-state index contributed by atoms with van der Waals surface area (Å²) in [5.41, 5.74) is -0.714. The van der Waals surface area contributed by atoms with Gasteiger partial charge in [-0.15, -0.1) is 0 Å². The largest absolute Gasteiger partial charge is 0.464 e. The first-order valence-electron chi connectivity index (χ1n) is 5.57. The molecule has 18 heavy (non-hydrogen) atoms. The van der Waals surface area contributed by atoms with E-state index in [-0.39, 0.29) is 5.69 Å². The third-order valence-corrected chi connectivity index (χ3v) is 2.73. The van der Waals surface area contributed by atoms with Gasteiger partial charge in [-0.05, 0) is 0 Å². The summed E-state index contributed by atoms with van der Waals surface area (Å²) < 4.78 is 9.64. The van der Waals surface area contributed by atoms with Gasteiger partial charge in [-0.3, -0.25) is 0 Å². The summed E-state index contributed by atoms with van der Waals surface area (Å²) in [7, 11) is 1.28. The van der Waals surface area contributed by atoms with E-state index in [4.69, 9.17) is 4.74 Å². The molecule has 1 aromatic heterocycles. The van der Waals surface area contributed by atoms with Gasteiger partial charge in [0.1, 0.15) is 11.4 Å². The molecule has 0 radical (unpaired) electrons. The number of aliphatic hydroxyl groups is 1. The van der Waals surface area contributed by atoms with Crippen LogP contribution in [0.25, 0.3) is 0 Å². The van der Waals surface area contributed by atoms with Crippen LogP contribution in [0.5, 0.6) is 0 Å². The lowest BCUT2D eigenvalue weighted by molar-refractivity contribution is 0.0381. The van der Waals surface area contributed by atoms with Crippen molar-refractivity contribution in [2.75, 3.05) is 32.2 Å². The van der Waals surface area contributed by atoms with Crippen molar-refractivity contribution >= 4 is 11.8 Å². The van der Waals surface area contributed by atoms with Gasteiger partial charge in [-0.2, -0.15) is 0 Å². The van der Waals surface area contributed by atoms with Crippen LogP contribution in [-0.2, 0) is 9.47 Å². The van der Waals surface area contributed by atoms with Gasteiger partial charge in [0.15, 0.2) is 5.69 Å². The lowest BCUT2D eigenvalue weighted by atomic mass is 10.0. The predicted molar refractivity (Wildman–Crippen MR) is 62.2 cm³/mol. The molecule has 0 bridgehead atoms. The molecule has 0 saturated carbocycles. The molecule has 2 heterocycles. The fourth-order valence-electron chi connectivity index (χ4n) is 1.62. The van der Waals surface area contributed by atoms with E-state index in [2.05, 4.69) is 20.0 Å². The monoisotopic (exact) mass is 253 g/mol. The Labute approximate surface area is 104 Å². The predicted octanol–water partition coefficient (Wildman–Crippen LogP) is -0.174. The fourth-order valence-corrected chi connectivity index (χ4v) is 1.62. The van der Waals surface area contributed by atoms with Crippen molar-refractivity contribution in [2.45, 2.75) is 12.0 Å². The number of aromatic nitrogens is 2. The highest BCUT2D eigenvalue weighted by molar-refractivity contribution is 5.86. The van der Waals surface area contributed by atoms with Gasteiger partial charge < -0.3 is 19.9 Å². The van der Waals surface area contributed by atoms with Crippen LogP contribution >= 0.6 is 0 Å². The number of methoxy groups -OCH3 is 1. The Balaban J connectivity index is 1.92. The average molecular weight is 253 g/mol. The summed E-state index contributed by atoms with van der Waals surface area (Å²) in [6.07, 6.45) is 3.34. The average Bonchev–Trinajstić information content (AvgIpc) is 2.83. The van der Waals surface area contributed by atoms with Gasteiger partial charge in [0.25, 0.3) is 0 Å². The lowest BCUT2D eigenvalue weighted by Gasteiger charge is -2.20. The Hall–Kier alpha value is -1.73. The van der Waals surface area contributed by atoms with Crippen LogP contribution in [0.1, 0.15) is 16.9 Å². The highest BCUT2D eigenvalue weighted by Crippen LogP contribution is 2.18. The molecule has 2 rings (SSSR count). The molecular formula is C11H15N3O4. The van der Waals surface area contributed by atoms with Crippen LogP contribution in [0.4, 0.5) is 5.82 Å². The molecule has 1 aliphatic heterocycles. The van der Waals surface area contributed by atoms with E-state index in [1.165, 1.54) is 19.5 Å². The van der Waals surface area contributed by atoms with Crippen LogP contribution in [-0.4, -0.2) is 53.5 Å². The second-order valence-corrected chi connectivity index (χ2v) is 4.16. The van der Waals surface area contributed by atoms with E-state index in [9.17, 15) is 9.90 Å². The number of rotatable bonds is 4. The van der Waals surface area contributed by atoms with E-state index in [1.54, 1.807) is 0 Å². The number of esters is 1. The summed E-state index contributed by atoms with van der Waals surface area (Å²) in [5, 5.41) is 13.0. The van der Waals surface area contributed by atoms with Crippen molar-refractivity contribution < 1.29 is 19.4 Å². The quantitative estimate of drug-likeness (QED) is 0.719. The molecule has 1 fully saturated rings. The molecule has 1 aliphatic rings. The minimum atomic E-state index is -0.858. The van der Waals surface area contributed by atoms with Gasteiger partial charge in [0.2, 0.25) is 0 Å². The van der Waals surface area contributed by atoms with Crippen LogP contribution in [0.3, 0.4) is 0 Å². The molecule has 0 amide bonds. The van der Waals surface area contributed by atoms with Crippen molar-refractivity contribution in [1.29, 1.82) is 0 Å². The highest BCUT2D eigenvalue weighted by Gasteiger charge is 2.31. The minimum absolute atomic E-state index is 0.144. The third-order valence-electron chi connectivity index (χ3n) is 2.73. The molecule has 0 spiro atoms. The van der Waals surface area contributed by atoms with Crippen LogP contribution in [0, 0.1) is 0 Å². The topological polar surface area (TPSA) is 93.6 Å². The zero-order chi connectivity index (χ0) is 13.0. The zero-order valence-corrected chi connectivity index (χ0v) is 10.0. The van der Waals surface area contributed by atoms with Gasteiger partial charge >= 0.3 is 5.97 Å². The van der Waals surface area contributed by atoms with Crippen molar-refractivity contribution in [2.24, 2.45) is 0 Å². The molecule has 1 saturated heterocycles. The van der Waals surface area contributed by atoms with E-state index >= 15 is 0 Å². The number of anilines is 1. The Morgan fingerprint density at radius 1 is 1.61 bits per heavy atom. The molecule has 1 aromatic rings. The van der Waals surface area contributed by atoms with Crippen molar-refractivity contribution in [3.8, 4) is 0 Å². The van der Waals surface area contributed by atoms with E-state index in [0.29, 0.717) is 32.0 Å². The summed E-state index contributed by atoms with van der Waals surface area (Å²) in [4.78, 5) is 19.1. The normalized spacial score (nSPS) is 22.8. The zero-order valence-electron chi connectivity index (χ0n) is 10.0. The molecule has 2 N–H and O–H groups in total. The maximum Gasteiger partial charge on any atom is 0.358 e. The smallest absolute Gasteiger partial charge is 0.358 e. The minimum Gasteiger partial charge on any atom is -0.464 e. The van der Waals surface area contributed by atoms with Crippen molar-refractivity contribution in [3.05, 3.63) is 18.1 Å². The molecule has 1 unspecified atom stereocenters. The number of nitrogens with one attached hydrogen (secondary N) is 1. The molecule has 7 nitrogen and oxygen atoms in total. The summed E-state index contributed by atoms with van der Waals surface area (Å²) in [6, 6.07) is 0.